The molecule has 0 bridgehead atoms. The van der Waals surface area contributed by atoms with E-state index in [1.54, 1.807) is 6.07 Å². The zero-order chi connectivity index (χ0) is 22.5. The first kappa shape index (κ1) is 21.7. The Balaban J connectivity index is 1.69. The molecule has 0 radical (unpaired) electrons. The Bertz CT molecular complexity index is 1070. The SMILES string of the molecule is N=C(N)c1ccc(OCc2cccc(COc3ccc(C(=N)N)cc3F)c2F)c(F)c1. The second kappa shape index (κ2) is 9.21. The molecule has 0 fully saturated rings. The monoisotopic (exact) mass is 428 g/mol. The number of rotatable bonds is 8. The van der Waals surface area contributed by atoms with E-state index in [1.807, 2.05) is 0 Å². The van der Waals surface area contributed by atoms with Crippen molar-refractivity contribution in [2.24, 2.45) is 11.5 Å². The number of nitrogens with two attached hydrogens (primary N) is 2. The Kier molecular flexibility index (Phi) is 6.44. The van der Waals surface area contributed by atoms with E-state index in [2.05, 4.69) is 0 Å². The van der Waals surface area contributed by atoms with Crippen LogP contribution in [-0.2, 0) is 13.2 Å². The van der Waals surface area contributed by atoms with E-state index in [4.69, 9.17) is 31.8 Å². The average molecular weight is 428 g/mol. The smallest absolute Gasteiger partial charge is 0.165 e. The molecule has 6 N–H and O–H groups in total. The van der Waals surface area contributed by atoms with Crippen molar-refractivity contribution in [2.45, 2.75) is 13.2 Å². The molecule has 0 aliphatic carbocycles. The van der Waals surface area contributed by atoms with Gasteiger partial charge in [-0.3, -0.25) is 10.8 Å². The summed E-state index contributed by atoms with van der Waals surface area (Å²) in [4.78, 5) is 0. The molecular formula is C22H19F3N4O2. The van der Waals surface area contributed by atoms with Crippen LogP contribution in [0.2, 0.25) is 0 Å². The third-order valence-electron chi connectivity index (χ3n) is 4.41. The quantitative estimate of drug-likeness (QED) is 0.322. The normalized spacial score (nSPS) is 10.5. The van der Waals surface area contributed by atoms with Crippen LogP contribution in [0.15, 0.2) is 54.6 Å². The Morgan fingerprint density at radius 1 is 0.710 bits per heavy atom. The van der Waals surface area contributed by atoms with E-state index < -0.39 is 17.5 Å². The fourth-order valence-corrected chi connectivity index (χ4v) is 2.74. The highest BCUT2D eigenvalue weighted by atomic mass is 19.1. The molecule has 0 spiro atoms. The summed E-state index contributed by atoms with van der Waals surface area (Å²) in [6, 6.07) is 12.1. The second-order valence-corrected chi connectivity index (χ2v) is 6.59. The van der Waals surface area contributed by atoms with Crippen molar-refractivity contribution in [1.29, 1.82) is 10.8 Å². The molecule has 0 atom stereocenters. The minimum Gasteiger partial charge on any atom is -0.486 e. The van der Waals surface area contributed by atoms with Crippen molar-refractivity contribution in [3.05, 3.63) is 94.3 Å². The second-order valence-electron chi connectivity index (χ2n) is 6.59. The van der Waals surface area contributed by atoms with Gasteiger partial charge in [-0.05, 0) is 36.4 Å². The minimum atomic E-state index is -0.725. The van der Waals surface area contributed by atoms with Gasteiger partial charge in [-0.2, -0.15) is 0 Å². The van der Waals surface area contributed by atoms with Gasteiger partial charge in [0.15, 0.2) is 23.1 Å². The van der Waals surface area contributed by atoms with Crippen LogP contribution in [0, 0.1) is 28.3 Å². The maximum absolute atomic E-state index is 14.8. The number of hydrogen-bond donors (Lipinski definition) is 4. The maximum Gasteiger partial charge on any atom is 0.165 e. The maximum atomic E-state index is 14.8. The fraction of sp³-hybridized carbons (Fsp3) is 0.0909. The Morgan fingerprint density at radius 3 is 1.48 bits per heavy atom. The first-order valence-corrected chi connectivity index (χ1v) is 9.06. The Labute approximate surface area is 176 Å². The van der Waals surface area contributed by atoms with Crippen LogP contribution in [-0.4, -0.2) is 11.7 Å². The molecule has 6 nitrogen and oxygen atoms in total. The number of amidine groups is 2. The minimum absolute atomic E-state index is 0.112. The lowest BCUT2D eigenvalue weighted by Crippen LogP contribution is -2.11. The van der Waals surface area contributed by atoms with E-state index in [1.165, 1.54) is 36.4 Å². The van der Waals surface area contributed by atoms with Crippen LogP contribution >= 0.6 is 0 Å². The third kappa shape index (κ3) is 5.13. The fourth-order valence-electron chi connectivity index (χ4n) is 2.74. The van der Waals surface area contributed by atoms with E-state index in [-0.39, 0.29) is 58.6 Å². The Morgan fingerprint density at radius 2 is 1.13 bits per heavy atom. The largest absolute Gasteiger partial charge is 0.486 e. The first-order valence-electron chi connectivity index (χ1n) is 9.06. The summed E-state index contributed by atoms with van der Waals surface area (Å²) in [5, 5.41) is 14.6. The predicted molar refractivity (Wildman–Crippen MR) is 110 cm³/mol. The highest BCUT2D eigenvalue weighted by Gasteiger charge is 2.13. The van der Waals surface area contributed by atoms with Gasteiger partial charge in [-0.1, -0.05) is 18.2 Å². The number of benzene rings is 3. The van der Waals surface area contributed by atoms with Crippen LogP contribution < -0.4 is 20.9 Å². The molecule has 0 unspecified atom stereocenters. The molecule has 31 heavy (non-hydrogen) atoms. The lowest BCUT2D eigenvalue weighted by molar-refractivity contribution is 0.274. The van der Waals surface area contributed by atoms with Gasteiger partial charge in [-0.15, -0.1) is 0 Å². The highest BCUT2D eigenvalue weighted by Crippen LogP contribution is 2.23. The summed E-state index contributed by atoms with van der Waals surface area (Å²) in [6.07, 6.45) is 0. The van der Waals surface area contributed by atoms with E-state index in [0.717, 1.165) is 12.1 Å². The lowest BCUT2D eigenvalue weighted by atomic mass is 10.1. The molecule has 3 rings (SSSR count). The zero-order valence-corrected chi connectivity index (χ0v) is 16.2. The molecule has 0 amide bonds. The highest BCUT2D eigenvalue weighted by molar-refractivity contribution is 5.95. The summed E-state index contributed by atoms with van der Waals surface area (Å²) in [7, 11) is 0. The predicted octanol–water partition coefficient (Wildman–Crippen LogP) is 3.83. The molecule has 0 aromatic heterocycles. The van der Waals surface area contributed by atoms with Gasteiger partial charge in [0.25, 0.3) is 0 Å². The molecule has 3 aromatic rings. The number of ether oxygens (including phenoxy) is 2. The summed E-state index contributed by atoms with van der Waals surface area (Å²) in [6.45, 7) is -0.505. The average Bonchev–Trinajstić information content (AvgIpc) is 2.73. The van der Waals surface area contributed by atoms with Gasteiger partial charge < -0.3 is 20.9 Å². The molecule has 0 aliphatic heterocycles. The van der Waals surface area contributed by atoms with Gasteiger partial charge in [0, 0.05) is 22.3 Å². The molecule has 0 saturated heterocycles. The number of halogens is 3. The molecule has 9 heteroatoms. The van der Waals surface area contributed by atoms with Gasteiger partial charge >= 0.3 is 0 Å². The van der Waals surface area contributed by atoms with E-state index >= 15 is 0 Å². The number of nitrogens with one attached hydrogen (secondary N) is 2. The van der Waals surface area contributed by atoms with Gasteiger partial charge in [-0.25, -0.2) is 13.2 Å². The van der Waals surface area contributed by atoms with Crippen molar-refractivity contribution in [3.63, 3.8) is 0 Å². The van der Waals surface area contributed by atoms with Crippen molar-refractivity contribution in [1.82, 2.24) is 0 Å². The van der Waals surface area contributed by atoms with Gasteiger partial charge in [0.05, 0.1) is 0 Å². The third-order valence-corrected chi connectivity index (χ3v) is 4.41. The Hall–Kier alpha value is -4.01. The zero-order valence-electron chi connectivity index (χ0n) is 16.2. The van der Waals surface area contributed by atoms with Crippen LogP contribution in [0.1, 0.15) is 22.3 Å². The van der Waals surface area contributed by atoms with E-state index in [9.17, 15) is 13.2 Å². The number of nitrogen functional groups attached to an aromatic ring is 2. The topological polar surface area (TPSA) is 118 Å². The van der Waals surface area contributed by atoms with E-state index in [0.29, 0.717) is 0 Å². The summed E-state index contributed by atoms with van der Waals surface area (Å²) < 4.78 is 53.6. The summed E-state index contributed by atoms with van der Waals surface area (Å²) in [5.41, 5.74) is 11.3. The molecule has 160 valence electrons. The number of hydrogen-bond acceptors (Lipinski definition) is 4. The van der Waals surface area contributed by atoms with Crippen LogP contribution in [0.5, 0.6) is 11.5 Å². The molecule has 0 saturated carbocycles. The molecule has 3 aromatic carbocycles. The van der Waals surface area contributed by atoms with Crippen LogP contribution in [0.3, 0.4) is 0 Å². The first-order chi connectivity index (χ1) is 14.8. The standard InChI is InChI=1S/C22H19F3N4O2/c23-16-8-12(21(26)27)4-6-18(16)30-10-14-2-1-3-15(20(14)25)11-31-19-7-5-13(22(28)29)9-17(19)24/h1-9H,10-11H2,(H3,26,27)(H3,28,29). The molecule has 0 heterocycles. The van der Waals surface area contributed by atoms with Gasteiger partial charge in [0.2, 0.25) is 0 Å². The summed E-state index contributed by atoms with van der Waals surface area (Å²) >= 11 is 0. The van der Waals surface area contributed by atoms with Crippen molar-refractivity contribution >= 4 is 11.7 Å². The molecule has 0 aliphatic rings. The van der Waals surface area contributed by atoms with Crippen molar-refractivity contribution in [2.75, 3.05) is 0 Å². The summed E-state index contributed by atoms with van der Waals surface area (Å²) in [5.74, 6) is -2.86. The lowest BCUT2D eigenvalue weighted by Gasteiger charge is -2.12. The molecular weight excluding hydrogens is 409 g/mol. The van der Waals surface area contributed by atoms with Crippen molar-refractivity contribution < 1.29 is 22.6 Å². The van der Waals surface area contributed by atoms with Gasteiger partial charge in [0.1, 0.15) is 30.7 Å². The van der Waals surface area contributed by atoms with Crippen molar-refractivity contribution in [3.8, 4) is 11.5 Å². The van der Waals surface area contributed by atoms with Crippen LogP contribution in [0.25, 0.3) is 0 Å². The van der Waals surface area contributed by atoms with Crippen LogP contribution in [0.4, 0.5) is 13.2 Å².